The molecule has 0 spiro atoms. The number of aromatic nitrogens is 1. The first-order chi connectivity index (χ1) is 7.65. The third-order valence-corrected chi connectivity index (χ3v) is 2.64. The first kappa shape index (κ1) is 12.9. The number of pyridine rings is 1. The molecule has 90 valence electrons. The normalized spacial score (nSPS) is 11.3. The van der Waals surface area contributed by atoms with Crippen molar-refractivity contribution in [3.05, 3.63) is 34.7 Å². The molecule has 1 N–H and O–H groups in total. The molecule has 4 nitrogen and oxygen atoms in total. The van der Waals surface area contributed by atoms with Crippen molar-refractivity contribution < 1.29 is 5.11 Å². The Balaban J connectivity index is 2.55. The molecule has 16 heavy (non-hydrogen) atoms. The Morgan fingerprint density at radius 2 is 2.12 bits per heavy atom. The third kappa shape index (κ3) is 3.79. The molecule has 0 bridgehead atoms. The highest BCUT2D eigenvalue weighted by Gasteiger charge is 2.08. The summed E-state index contributed by atoms with van der Waals surface area (Å²) in [6, 6.07) is 5.54. The van der Waals surface area contributed by atoms with Crippen LogP contribution in [-0.4, -0.2) is 40.3 Å². The number of hydrogen-bond donors (Lipinski definition) is 1. The number of aliphatic hydroxyl groups excluding tert-OH is 1. The van der Waals surface area contributed by atoms with Crippen LogP contribution in [0.2, 0.25) is 0 Å². The number of nitrogens with zero attached hydrogens (tertiary/aromatic N) is 2. The fraction of sp³-hybridized carbons (Fsp3) is 0.583. The van der Waals surface area contributed by atoms with Gasteiger partial charge in [0, 0.05) is 37.9 Å². The van der Waals surface area contributed by atoms with Crippen molar-refractivity contribution in [3.63, 3.8) is 0 Å². The van der Waals surface area contributed by atoms with Gasteiger partial charge in [0.05, 0.1) is 6.61 Å². The Kier molecular flexibility index (Phi) is 5.22. The highest BCUT2D eigenvalue weighted by molar-refractivity contribution is 4.93. The number of hydrogen-bond acceptors (Lipinski definition) is 3. The van der Waals surface area contributed by atoms with E-state index in [2.05, 4.69) is 18.7 Å². The molecule has 0 aliphatic heterocycles. The maximum atomic E-state index is 11.5. The monoisotopic (exact) mass is 224 g/mol. The van der Waals surface area contributed by atoms with Gasteiger partial charge in [-0.25, -0.2) is 0 Å². The van der Waals surface area contributed by atoms with Crippen LogP contribution in [0.15, 0.2) is 29.2 Å². The van der Waals surface area contributed by atoms with Crippen LogP contribution < -0.4 is 5.56 Å². The Morgan fingerprint density at radius 1 is 1.38 bits per heavy atom. The average Bonchev–Trinajstić information content (AvgIpc) is 2.26. The van der Waals surface area contributed by atoms with E-state index >= 15 is 0 Å². The molecule has 0 aliphatic rings. The molecular weight excluding hydrogens is 204 g/mol. The lowest BCUT2D eigenvalue weighted by atomic mass is 10.3. The summed E-state index contributed by atoms with van der Waals surface area (Å²) in [5.41, 5.74) is 0.0233. The van der Waals surface area contributed by atoms with Crippen LogP contribution in [-0.2, 0) is 6.54 Å². The molecule has 1 rings (SSSR count). The van der Waals surface area contributed by atoms with Gasteiger partial charge in [0.2, 0.25) is 0 Å². The molecule has 0 fully saturated rings. The van der Waals surface area contributed by atoms with Crippen LogP contribution in [0.4, 0.5) is 0 Å². The molecule has 1 aromatic rings. The Hall–Kier alpha value is -1.13. The molecular formula is C12H20N2O2. The standard InChI is InChI=1S/C12H20N2O2/c1-11(2)13(9-10-15)7-8-14-6-4-3-5-12(14)16/h3-6,11,15H,7-10H2,1-2H3. The summed E-state index contributed by atoms with van der Waals surface area (Å²) in [6.07, 6.45) is 1.79. The maximum Gasteiger partial charge on any atom is 0.250 e. The van der Waals surface area contributed by atoms with Gasteiger partial charge in [-0.2, -0.15) is 0 Å². The minimum Gasteiger partial charge on any atom is -0.395 e. The summed E-state index contributed by atoms with van der Waals surface area (Å²) >= 11 is 0. The molecule has 0 aromatic carbocycles. The summed E-state index contributed by atoms with van der Waals surface area (Å²) in [5, 5.41) is 8.93. The highest BCUT2D eigenvalue weighted by Crippen LogP contribution is 1.97. The second kappa shape index (κ2) is 6.45. The van der Waals surface area contributed by atoms with E-state index in [1.807, 2.05) is 6.07 Å². The SMILES string of the molecule is CC(C)N(CCO)CCn1ccccc1=O. The lowest BCUT2D eigenvalue weighted by Gasteiger charge is -2.25. The van der Waals surface area contributed by atoms with Crippen LogP contribution in [0.5, 0.6) is 0 Å². The van der Waals surface area contributed by atoms with Gasteiger partial charge in [0.1, 0.15) is 0 Å². The molecule has 0 saturated carbocycles. The van der Waals surface area contributed by atoms with Gasteiger partial charge in [-0.3, -0.25) is 9.69 Å². The van der Waals surface area contributed by atoms with Crippen molar-refractivity contribution in [3.8, 4) is 0 Å². The van der Waals surface area contributed by atoms with Crippen molar-refractivity contribution >= 4 is 0 Å². The van der Waals surface area contributed by atoms with Gasteiger partial charge in [-0.1, -0.05) is 6.07 Å². The minimum absolute atomic E-state index is 0.0233. The summed E-state index contributed by atoms with van der Waals surface area (Å²) in [6.45, 7) is 6.42. The quantitative estimate of drug-likeness (QED) is 0.767. The third-order valence-electron chi connectivity index (χ3n) is 2.64. The van der Waals surface area contributed by atoms with Crippen molar-refractivity contribution in [1.82, 2.24) is 9.47 Å². The van der Waals surface area contributed by atoms with Gasteiger partial charge in [0.15, 0.2) is 0 Å². The summed E-state index contributed by atoms with van der Waals surface area (Å²) in [7, 11) is 0. The molecule has 0 atom stereocenters. The van der Waals surface area contributed by atoms with Gasteiger partial charge >= 0.3 is 0 Å². The van der Waals surface area contributed by atoms with Gasteiger partial charge in [0.25, 0.3) is 5.56 Å². The smallest absolute Gasteiger partial charge is 0.250 e. The molecule has 0 saturated heterocycles. The Bertz CT molecular complexity index is 360. The first-order valence-corrected chi connectivity index (χ1v) is 5.65. The zero-order valence-electron chi connectivity index (χ0n) is 9.97. The molecule has 0 unspecified atom stereocenters. The Morgan fingerprint density at radius 3 is 2.69 bits per heavy atom. The summed E-state index contributed by atoms with van der Waals surface area (Å²) in [5.74, 6) is 0. The second-order valence-corrected chi connectivity index (χ2v) is 4.09. The van der Waals surface area contributed by atoms with Gasteiger partial charge < -0.3 is 9.67 Å². The van der Waals surface area contributed by atoms with Crippen LogP contribution in [0.1, 0.15) is 13.8 Å². The summed E-state index contributed by atoms with van der Waals surface area (Å²) < 4.78 is 1.69. The molecule has 0 aliphatic carbocycles. The lowest BCUT2D eigenvalue weighted by Crippen LogP contribution is -2.37. The van der Waals surface area contributed by atoms with Gasteiger partial charge in [-0.15, -0.1) is 0 Å². The minimum atomic E-state index is 0.0233. The van der Waals surface area contributed by atoms with E-state index in [1.54, 1.807) is 22.9 Å². The largest absolute Gasteiger partial charge is 0.395 e. The van der Waals surface area contributed by atoms with E-state index in [0.29, 0.717) is 19.1 Å². The van der Waals surface area contributed by atoms with Crippen LogP contribution >= 0.6 is 0 Å². The van der Waals surface area contributed by atoms with Crippen LogP contribution in [0, 0.1) is 0 Å². The molecule has 1 aromatic heterocycles. The van der Waals surface area contributed by atoms with Crippen molar-refractivity contribution in [2.45, 2.75) is 26.4 Å². The Labute approximate surface area is 96.1 Å². The maximum absolute atomic E-state index is 11.5. The second-order valence-electron chi connectivity index (χ2n) is 4.09. The first-order valence-electron chi connectivity index (χ1n) is 5.65. The lowest BCUT2D eigenvalue weighted by molar-refractivity contribution is 0.161. The topological polar surface area (TPSA) is 45.5 Å². The molecule has 4 heteroatoms. The molecule has 0 amide bonds. The van der Waals surface area contributed by atoms with Crippen LogP contribution in [0.3, 0.4) is 0 Å². The van der Waals surface area contributed by atoms with E-state index in [-0.39, 0.29) is 12.2 Å². The van der Waals surface area contributed by atoms with E-state index in [9.17, 15) is 4.79 Å². The van der Waals surface area contributed by atoms with E-state index in [0.717, 1.165) is 6.54 Å². The highest BCUT2D eigenvalue weighted by atomic mass is 16.3. The fourth-order valence-corrected chi connectivity index (χ4v) is 1.64. The zero-order chi connectivity index (χ0) is 12.0. The molecule has 0 radical (unpaired) electrons. The molecule has 1 heterocycles. The van der Waals surface area contributed by atoms with Gasteiger partial charge in [-0.05, 0) is 19.9 Å². The van der Waals surface area contributed by atoms with Crippen molar-refractivity contribution in [1.29, 1.82) is 0 Å². The average molecular weight is 224 g/mol. The summed E-state index contributed by atoms with van der Waals surface area (Å²) in [4.78, 5) is 13.6. The number of aliphatic hydroxyl groups is 1. The van der Waals surface area contributed by atoms with Crippen molar-refractivity contribution in [2.24, 2.45) is 0 Å². The predicted octanol–water partition coefficient (Wildman–Crippen LogP) is 0.551. The van der Waals surface area contributed by atoms with E-state index in [4.69, 9.17) is 5.11 Å². The van der Waals surface area contributed by atoms with E-state index < -0.39 is 0 Å². The van der Waals surface area contributed by atoms with E-state index in [1.165, 1.54) is 0 Å². The van der Waals surface area contributed by atoms with Crippen LogP contribution in [0.25, 0.3) is 0 Å². The fourth-order valence-electron chi connectivity index (χ4n) is 1.64. The van der Waals surface area contributed by atoms with Crippen molar-refractivity contribution in [2.75, 3.05) is 19.7 Å². The number of rotatable bonds is 6. The zero-order valence-corrected chi connectivity index (χ0v) is 9.97. The predicted molar refractivity (Wildman–Crippen MR) is 64.5 cm³/mol.